The van der Waals surface area contributed by atoms with Crippen LogP contribution in [0.25, 0.3) is 0 Å². The van der Waals surface area contributed by atoms with Crippen molar-refractivity contribution in [3.05, 3.63) is 22.5 Å². The highest BCUT2D eigenvalue weighted by Crippen LogP contribution is 2.18. The summed E-state index contributed by atoms with van der Waals surface area (Å²) in [5.41, 5.74) is 0.00737. The van der Waals surface area contributed by atoms with E-state index >= 15 is 0 Å². The molecule has 1 aliphatic heterocycles. The monoisotopic (exact) mass is 338 g/mol. The molecule has 9 heteroatoms. The second-order valence-corrected chi connectivity index (χ2v) is 5.96. The SMILES string of the molecule is CN=C(NCCn1cc([N+](=O)[O-])cn1)N(C)CCC1CCOCC1. The summed E-state index contributed by atoms with van der Waals surface area (Å²) in [6.45, 7) is 3.83. The third-order valence-corrected chi connectivity index (χ3v) is 4.24. The van der Waals surface area contributed by atoms with Crippen LogP contribution in [0.15, 0.2) is 17.4 Å². The lowest BCUT2D eigenvalue weighted by Gasteiger charge is -2.26. The van der Waals surface area contributed by atoms with Crippen molar-refractivity contribution in [3.8, 4) is 0 Å². The highest BCUT2D eigenvalue weighted by molar-refractivity contribution is 5.79. The second kappa shape index (κ2) is 9.21. The van der Waals surface area contributed by atoms with Crippen LogP contribution in [-0.4, -0.2) is 66.0 Å². The van der Waals surface area contributed by atoms with E-state index in [0.29, 0.717) is 13.1 Å². The summed E-state index contributed by atoms with van der Waals surface area (Å²) in [7, 11) is 3.78. The van der Waals surface area contributed by atoms with Gasteiger partial charge in [-0.3, -0.25) is 19.8 Å². The number of hydrogen-bond donors (Lipinski definition) is 1. The molecule has 24 heavy (non-hydrogen) atoms. The largest absolute Gasteiger partial charge is 0.381 e. The van der Waals surface area contributed by atoms with Gasteiger partial charge in [0, 0.05) is 40.4 Å². The lowest BCUT2D eigenvalue weighted by molar-refractivity contribution is -0.385. The van der Waals surface area contributed by atoms with E-state index in [-0.39, 0.29) is 5.69 Å². The second-order valence-electron chi connectivity index (χ2n) is 5.96. The molecule has 0 aliphatic carbocycles. The average Bonchev–Trinajstić information content (AvgIpc) is 3.07. The van der Waals surface area contributed by atoms with E-state index in [9.17, 15) is 10.1 Å². The number of nitro groups is 1. The van der Waals surface area contributed by atoms with E-state index < -0.39 is 4.92 Å². The molecule has 1 aliphatic rings. The van der Waals surface area contributed by atoms with Gasteiger partial charge in [-0.05, 0) is 25.2 Å². The molecule has 1 N–H and O–H groups in total. The summed E-state index contributed by atoms with van der Waals surface area (Å²) < 4.78 is 6.94. The van der Waals surface area contributed by atoms with Crippen molar-refractivity contribution < 1.29 is 9.66 Å². The Morgan fingerprint density at radius 2 is 2.33 bits per heavy atom. The summed E-state index contributed by atoms with van der Waals surface area (Å²) in [4.78, 5) is 16.6. The maximum absolute atomic E-state index is 10.6. The first kappa shape index (κ1) is 18.2. The first-order valence-corrected chi connectivity index (χ1v) is 8.26. The highest BCUT2D eigenvalue weighted by atomic mass is 16.6. The number of aliphatic imine (C=N–C) groups is 1. The van der Waals surface area contributed by atoms with Gasteiger partial charge in [0.25, 0.3) is 0 Å². The molecule has 0 atom stereocenters. The predicted octanol–water partition coefficient (Wildman–Crippen LogP) is 1.12. The fourth-order valence-electron chi connectivity index (χ4n) is 2.75. The van der Waals surface area contributed by atoms with Crippen LogP contribution in [0.5, 0.6) is 0 Å². The summed E-state index contributed by atoms with van der Waals surface area (Å²) in [6.07, 6.45) is 6.09. The molecule has 2 rings (SSSR count). The van der Waals surface area contributed by atoms with Crippen LogP contribution in [0.4, 0.5) is 5.69 Å². The van der Waals surface area contributed by atoms with Gasteiger partial charge in [0.2, 0.25) is 0 Å². The molecule has 0 saturated carbocycles. The van der Waals surface area contributed by atoms with Gasteiger partial charge in [-0.25, -0.2) is 0 Å². The molecule has 1 fully saturated rings. The maximum Gasteiger partial charge on any atom is 0.306 e. The Hall–Kier alpha value is -2.16. The lowest BCUT2D eigenvalue weighted by atomic mass is 9.96. The van der Waals surface area contributed by atoms with Crippen molar-refractivity contribution in [2.75, 3.05) is 40.4 Å². The standard InChI is InChI=1S/C15H26N6O3/c1-16-15(19(2)7-3-13-4-9-24-10-5-13)17-6-8-20-12-14(11-18-20)21(22)23/h11-13H,3-10H2,1-2H3,(H,16,17). The molecule has 0 unspecified atom stereocenters. The minimum atomic E-state index is -0.445. The van der Waals surface area contributed by atoms with Gasteiger partial charge in [0.05, 0.1) is 11.5 Å². The van der Waals surface area contributed by atoms with Crippen LogP contribution >= 0.6 is 0 Å². The van der Waals surface area contributed by atoms with Crippen LogP contribution in [0.2, 0.25) is 0 Å². The Balaban J connectivity index is 1.71. The van der Waals surface area contributed by atoms with Crippen molar-refractivity contribution in [1.82, 2.24) is 20.0 Å². The molecule has 1 aromatic rings. The van der Waals surface area contributed by atoms with Crippen LogP contribution in [0.3, 0.4) is 0 Å². The molecule has 134 valence electrons. The molecule has 0 aromatic carbocycles. The number of rotatable bonds is 7. The number of guanidine groups is 1. The molecule has 2 heterocycles. The predicted molar refractivity (Wildman–Crippen MR) is 91.0 cm³/mol. The normalized spacial score (nSPS) is 16.2. The molecule has 0 radical (unpaired) electrons. The zero-order valence-corrected chi connectivity index (χ0v) is 14.3. The number of nitrogens with zero attached hydrogens (tertiary/aromatic N) is 5. The zero-order valence-electron chi connectivity index (χ0n) is 14.3. The average molecular weight is 338 g/mol. The van der Waals surface area contributed by atoms with E-state index in [1.54, 1.807) is 11.7 Å². The highest BCUT2D eigenvalue weighted by Gasteiger charge is 2.15. The zero-order chi connectivity index (χ0) is 17.4. The lowest BCUT2D eigenvalue weighted by Crippen LogP contribution is -2.41. The number of ether oxygens (including phenoxy) is 1. The molecule has 9 nitrogen and oxygen atoms in total. The van der Waals surface area contributed by atoms with Crippen LogP contribution in [0, 0.1) is 16.0 Å². The maximum atomic E-state index is 10.6. The Bertz CT molecular complexity index is 553. The van der Waals surface area contributed by atoms with Gasteiger partial charge < -0.3 is 15.0 Å². The topological polar surface area (TPSA) is 97.8 Å². The molecular weight excluding hydrogens is 312 g/mol. The van der Waals surface area contributed by atoms with Gasteiger partial charge in [-0.2, -0.15) is 5.10 Å². The smallest absolute Gasteiger partial charge is 0.306 e. The Morgan fingerprint density at radius 3 is 2.96 bits per heavy atom. The van der Waals surface area contributed by atoms with E-state index in [0.717, 1.165) is 50.9 Å². The third-order valence-electron chi connectivity index (χ3n) is 4.24. The van der Waals surface area contributed by atoms with Crippen molar-refractivity contribution in [2.24, 2.45) is 10.9 Å². The van der Waals surface area contributed by atoms with E-state index in [2.05, 4.69) is 20.3 Å². The summed E-state index contributed by atoms with van der Waals surface area (Å²) >= 11 is 0. The Morgan fingerprint density at radius 1 is 1.58 bits per heavy atom. The van der Waals surface area contributed by atoms with Crippen molar-refractivity contribution in [3.63, 3.8) is 0 Å². The van der Waals surface area contributed by atoms with Gasteiger partial charge >= 0.3 is 5.69 Å². The molecule has 0 amide bonds. The van der Waals surface area contributed by atoms with Gasteiger partial charge in [0.15, 0.2) is 5.96 Å². The molecule has 1 saturated heterocycles. The fourth-order valence-corrected chi connectivity index (χ4v) is 2.75. The van der Waals surface area contributed by atoms with Crippen LogP contribution in [0.1, 0.15) is 19.3 Å². The van der Waals surface area contributed by atoms with Gasteiger partial charge in [-0.1, -0.05) is 0 Å². The molecule has 0 spiro atoms. The minimum absolute atomic E-state index is 0.00737. The first-order valence-electron chi connectivity index (χ1n) is 8.26. The summed E-state index contributed by atoms with van der Waals surface area (Å²) in [5, 5.41) is 17.9. The van der Waals surface area contributed by atoms with Crippen LogP contribution in [-0.2, 0) is 11.3 Å². The first-order chi connectivity index (χ1) is 11.6. The van der Waals surface area contributed by atoms with Gasteiger partial charge in [-0.15, -0.1) is 0 Å². The molecule has 0 bridgehead atoms. The van der Waals surface area contributed by atoms with Crippen molar-refractivity contribution in [1.29, 1.82) is 0 Å². The summed E-state index contributed by atoms with van der Waals surface area (Å²) in [6, 6.07) is 0. The Kier molecular flexibility index (Phi) is 6.98. The summed E-state index contributed by atoms with van der Waals surface area (Å²) in [5.74, 6) is 1.55. The number of nitrogens with one attached hydrogen (secondary N) is 1. The fraction of sp³-hybridized carbons (Fsp3) is 0.733. The van der Waals surface area contributed by atoms with E-state index in [1.807, 2.05) is 7.05 Å². The van der Waals surface area contributed by atoms with Gasteiger partial charge in [0.1, 0.15) is 12.4 Å². The molecule has 1 aromatic heterocycles. The van der Waals surface area contributed by atoms with Crippen LogP contribution < -0.4 is 5.32 Å². The Labute approximate surface area is 141 Å². The van der Waals surface area contributed by atoms with Crippen molar-refractivity contribution >= 4 is 11.6 Å². The van der Waals surface area contributed by atoms with E-state index in [4.69, 9.17) is 4.74 Å². The quantitative estimate of drug-likeness (QED) is 0.346. The number of aromatic nitrogens is 2. The third kappa shape index (κ3) is 5.48. The van der Waals surface area contributed by atoms with Crippen molar-refractivity contribution in [2.45, 2.75) is 25.8 Å². The van der Waals surface area contributed by atoms with E-state index in [1.165, 1.54) is 12.4 Å². The minimum Gasteiger partial charge on any atom is -0.381 e. The molecular formula is C15H26N6O3. The number of hydrogen-bond acceptors (Lipinski definition) is 5.